The van der Waals surface area contributed by atoms with Crippen LogP contribution in [-0.2, 0) is 20.7 Å². The largest absolute Gasteiger partial charge is 0.460 e. The summed E-state index contributed by atoms with van der Waals surface area (Å²) in [5.74, 6) is -0.574. The van der Waals surface area contributed by atoms with Gasteiger partial charge in [0.2, 0.25) is 0 Å². The zero-order valence-electron chi connectivity index (χ0n) is 20.9. The molecule has 3 rings (SSSR count). The Labute approximate surface area is 197 Å². The molecular formula is C26H40N2O5. The van der Waals surface area contributed by atoms with E-state index in [0.29, 0.717) is 32.5 Å². The van der Waals surface area contributed by atoms with Crippen molar-refractivity contribution >= 4 is 12.1 Å². The quantitative estimate of drug-likeness (QED) is 0.649. The molecule has 0 aliphatic carbocycles. The minimum absolute atomic E-state index is 0.00227. The van der Waals surface area contributed by atoms with Gasteiger partial charge in [-0.3, -0.25) is 4.79 Å². The molecule has 2 aliphatic rings. The van der Waals surface area contributed by atoms with E-state index in [0.717, 1.165) is 17.5 Å². The highest BCUT2D eigenvalue weighted by Gasteiger charge is 2.39. The fraction of sp³-hybridized carbons (Fsp3) is 0.692. The summed E-state index contributed by atoms with van der Waals surface area (Å²) in [5.41, 5.74) is 1.04. The summed E-state index contributed by atoms with van der Waals surface area (Å²) in [6, 6.07) is 8.33. The fourth-order valence-corrected chi connectivity index (χ4v) is 4.59. The van der Waals surface area contributed by atoms with Crippen molar-refractivity contribution < 1.29 is 24.2 Å². The molecule has 0 aromatic heterocycles. The van der Waals surface area contributed by atoms with E-state index in [1.54, 1.807) is 4.90 Å². The molecule has 4 atom stereocenters. The summed E-state index contributed by atoms with van der Waals surface area (Å²) < 4.78 is 11.3. The molecule has 2 saturated heterocycles. The number of aliphatic hydroxyl groups is 1. The molecule has 33 heavy (non-hydrogen) atoms. The number of likely N-dealkylation sites (tertiary alicyclic amines) is 1. The maximum Gasteiger partial charge on any atom is 0.410 e. The van der Waals surface area contributed by atoms with Crippen LogP contribution in [-0.4, -0.2) is 59.0 Å². The van der Waals surface area contributed by atoms with Crippen LogP contribution in [0.2, 0.25) is 0 Å². The Morgan fingerprint density at radius 3 is 2.45 bits per heavy atom. The van der Waals surface area contributed by atoms with Gasteiger partial charge in [0.15, 0.2) is 0 Å². The van der Waals surface area contributed by atoms with Crippen molar-refractivity contribution in [1.29, 1.82) is 0 Å². The lowest BCUT2D eigenvalue weighted by Gasteiger charge is -2.28. The van der Waals surface area contributed by atoms with Gasteiger partial charge < -0.3 is 24.8 Å². The standard InChI is InChI=1S/C26H40N2O5/c1-25(2,3)32-23(30)21(19-10-11-28(16-19)24(31)33-26(4,5)6)13-17-8-7-9-18(12-17)22-14-20(29)15-27-22/h7-9,12,19-22,27,29H,10-11,13-16H2,1-6H3/t19-,20+,21-,22?/m0/s1. The summed E-state index contributed by atoms with van der Waals surface area (Å²) in [6.45, 7) is 12.8. The topological polar surface area (TPSA) is 88.1 Å². The normalized spacial score (nSPS) is 24.6. The third kappa shape index (κ3) is 7.44. The molecule has 0 bridgehead atoms. The first-order chi connectivity index (χ1) is 15.3. The molecule has 2 fully saturated rings. The van der Waals surface area contributed by atoms with Crippen molar-refractivity contribution in [2.45, 2.75) is 84.2 Å². The Hall–Kier alpha value is -2.12. The third-order valence-corrected chi connectivity index (χ3v) is 6.07. The smallest absolute Gasteiger partial charge is 0.410 e. The van der Waals surface area contributed by atoms with Crippen LogP contribution in [0.25, 0.3) is 0 Å². The first-order valence-corrected chi connectivity index (χ1v) is 12.0. The maximum atomic E-state index is 13.2. The second-order valence-electron chi connectivity index (χ2n) is 11.4. The highest BCUT2D eigenvalue weighted by molar-refractivity contribution is 5.74. The molecule has 0 saturated carbocycles. The number of hydrogen-bond donors (Lipinski definition) is 2. The summed E-state index contributed by atoms with van der Waals surface area (Å²) in [4.78, 5) is 27.5. The fourth-order valence-electron chi connectivity index (χ4n) is 4.59. The first kappa shape index (κ1) is 25.5. The van der Waals surface area contributed by atoms with Crippen LogP contribution in [0.5, 0.6) is 0 Å². The Kier molecular flexibility index (Phi) is 7.74. The Bertz CT molecular complexity index is 842. The van der Waals surface area contributed by atoms with Gasteiger partial charge in [-0.15, -0.1) is 0 Å². The number of esters is 1. The van der Waals surface area contributed by atoms with E-state index in [1.165, 1.54) is 0 Å². The zero-order chi connectivity index (χ0) is 24.4. The third-order valence-electron chi connectivity index (χ3n) is 6.07. The van der Waals surface area contributed by atoms with E-state index in [2.05, 4.69) is 17.4 Å². The Morgan fingerprint density at radius 1 is 1.15 bits per heavy atom. The molecule has 0 spiro atoms. The molecule has 2 heterocycles. The molecule has 7 nitrogen and oxygen atoms in total. The molecule has 1 aromatic carbocycles. The Balaban J connectivity index is 1.75. The van der Waals surface area contributed by atoms with E-state index in [1.807, 2.05) is 53.7 Å². The number of carbonyl (C=O) groups excluding carboxylic acids is 2. The van der Waals surface area contributed by atoms with E-state index in [4.69, 9.17) is 9.47 Å². The van der Waals surface area contributed by atoms with Crippen molar-refractivity contribution in [2.24, 2.45) is 11.8 Å². The maximum absolute atomic E-state index is 13.2. The molecule has 2 N–H and O–H groups in total. The van der Waals surface area contributed by atoms with Crippen molar-refractivity contribution in [2.75, 3.05) is 19.6 Å². The van der Waals surface area contributed by atoms with Crippen molar-refractivity contribution in [3.05, 3.63) is 35.4 Å². The number of aliphatic hydroxyl groups excluding tert-OH is 1. The number of amides is 1. The number of ether oxygens (including phenoxy) is 2. The Morgan fingerprint density at radius 2 is 1.85 bits per heavy atom. The highest BCUT2D eigenvalue weighted by atomic mass is 16.6. The number of nitrogens with one attached hydrogen (secondary N) is 1. The van der Waals surface area contributed by atoms with Crippen LogP contribution in [0.15, 0.2) is 24.3 Å². The number of benzene rings is 1. The summed E-state index contributed by atoms with van der Waals surface area (Å²) in [7, 11) is 0. The number of β-amino-alcohol motifs (C(OH)–C–C–N with tert-alkyl or cyclic N) is 1. The molecule has 184 valence electrons. The van der Waals surface area contributed by atoms with Gasteiger partial charge in [-0.05, 0) is 77.8 Å². The van der Waals surface area contributed by atoms with Gasteiger partial charge in [0.25, 0.3) is 0 Å². The average Bonchev–Trinajstić information content (AvgIpc) is 3.33. The van der Waals surface area contributed by atoms with Crippen LogP contribution in [0.4, 0.5) is 4.79 Å². The molecule has 7 heteroatoms. The molecular weight excluding hydrogens is 420 g/mol. The molecule has 1 unspecified atom stereocenters. The van der Waals surface area contributed by atoms with Gasteiger partial charge in [-0.2, -0.15) is 0 Å². The minimum Gasteiger partial charge on any atom is -0.460 e. The first-order valence-electron chi connectivity index (χ1n) is 12.0. The van der Waals surface area contributed by atoms with Crippen molar-refractivity contribution in [3.8, 4) is 0 Å². The van der Waals surface area contributed by atoms with E-state index < -0.39 is 11.2 Å². The zero-order valence-corrected chi connectivity index (χ0v) is 20.9. The lowest BCUT2D eigenvalue weighted by molar-refractivity contribution is -0.161. The van der Waals surface area contributed by atoms with Gasteiger partial charge in [0, 0.05) is 25.7 Å². The number of nitrogens with zero attached hydrogens (tertiary/aromatic N) is 1. The van der Waals surface area contributed by atoms with Crippen molar-refractivity contribution in [3.63, 3.8) is 0 Å². The van der Waals surface area contributed by atoms with E-state index in [-0.39, 0.29) is 36.0 Å². The lowest BCUT2D eigenvalue weighted by atomic mass is 9.85. The second kappa shape index (κ2) is 10.0. The van der Waals surface area contributed by atoms with Crippen LogP contribution < -0.4 is 5.32 Å². The predicted molar refractivity (Wildman–Crippen MR) is 127 cm³/mol. The highest BCUT2D eigenvalue weighted by Crippen LogP contribution is 2.32. The molecule has 1 aromatic rings. The van der Waals surface area contributed by atoms with Gasteiger partial charge in [0.05, 0.1) is 12.0 Å². The van der Waals surface area contributed by atoms with Gasteiger partial charge in [0.1, 0.15) is 11.2 Å². The summed E-state index contributed by atoms with van der Waals surface area (Å²) >= 11 is 0. The molecule has 1 amide bonds. The van der Waals surface area contributed by atoms with Gasteiger partial charge >= 0.3 is 12.1 Å². The van der Waals surface area contributed by atoms with Crippen LogP contribution in [0.1, 0.15) is 71.6 Å². The molecule has 0 radical (unpaired) electrons. The van der Waals surface area contributed by atoms with Crippen molar-refractivity contribution in [1.82, 2.24) is 10.2 Å². The predicted octanol–water partition coefficient (Wildman–Crippen LogP) is 3.84. The monoisotopic (exact) mass is 460 g/mol. The second-order valence-corrected chi connectivity index (χ2v) is 11.4. The molecule has 2 aliphatic heterocycles. The van der Waals surface area contributed by atoms with E-state index >= 15 is 0 Å². The lowest BCUT2D eigenvalue weighted by Crippen LogP contribution is -2.38. The average molecular weight is 461 g/mol. The van der Waals surface area contributed by atoms with Gasteiger partial charge in [-0.1, -0.05) is 24.3 Å². The summed E-state index contributed by atoms with van der Waals surface area (Å²) in [5, 5.41) is 13.2. The number of carbonyl (C=O) groups is 2. The minimum atomic E-state index is -0.579. The van der Waals surface area contributed by atoms with Crippen LogP contribution in [0.3, 0.4) is 0 Å². The van der Waals surface area contributed by atoms with E-state index in [9.17, 15) is 14.7 Å². The SMILES string of the molecule is CC(C)(C)OC(=O)[C@@H](Cc1cccc(C2C[C@@H](O)CN2)c1)[C@H]1CCN(C(=O)OC(C)(C)C)C1. The summed E-state index contributed by atoms with van der Waals surface area (Å²) in [6.07, 6.45) is 1.31. The van der Waals surface area contributed by atoms with Crippen LogP contribution in [0, 0.1) is 11.8 Å². The number of hydrogen-bond acceptors (Lipinski definition) is 6. The van der Waals surface area contributed by atoms with Crippen LogP contribution >= 0.6 is 0 Å². The number of rotatable bonds is 5. The van der Waals surface area contributed by atoms with Gasteiger partial charge in [-0.25, -0.2) is 4.79 Å².